The molecule has 31 heavy (non-hydrogen) atoms. The quantitative estimate of drug-likeness (QED) is 0.737. The molecule has 2 saturated carbocycles. The lowest BCUT2D eigenvalue weighted by atomic mass is 9.88. The van der Waals surface area contributed by atoms with Crippen molar-refractivity contribution in [3.63, 3.8) is 0 Å². The number of sulfonamides is 1. The number of nitriles is 1. The van der Waals surface area contributed by atoms with Gasteiger partial charge in [0.25, 0.3) is 0 Å². The predicted molar refractivity (Wildman–Crippen MR) is 114 cm³/mol. The maximum Gasteiger partial charge on any atom is 0.242 e. The maximum atomic E-state index is 12.7. The Balaban J connectivity index is 1.51. The van der Waals surface area contributed by atoms with Crippen LogP contribution in [0, 0.1) is 11.3 Å². The molecular weight excluding hydrogens is 414 g/mol. The van der Waals surface area contributed by atoms with Crippen LogP contribution >= 0.6 is 0 Å². The van der Waals surface area contributed by atoms with Gasteiger partial charge in [0, 0.05) is 23.3 Å². The summed E-state index contributed by atoms with van der Waals surface area (Å²) in [6.45, 7) is 1.90. The molecule has 2 unspecified atom stereocenters. The number of methoxy groups -OCH3 is 1. The van der Waals surface area contributed by atoms with Crippen molar-refractivity contribution < 1.29 is 13.2 Å². The fourth-order valence-electron chi connectivity index (χ4n) is 4.39. The molecule has 8 nitrogen and oxygen atoms in total. The first-order chi connectivity index (χ1) is 14.8. The van der Waals surface area contributed by atoms with Crippen molar-refractivity contribution in [3.05, 3.63) is 41.9 Å². The first kappa shape index (κ1) is 20.2. The van der Waals surface area contributed by atoms with Gasteiger partial charge >= 0.3 is 0 Å². The van der Waals surface area contributed by atoms with Gasteiger partial charge in [-0.15, -0.1) is 0 Å². The highest BCUT2D eigenvalue weighted by Crippen LogP contribution is 2.51. The van der Waals surface area contributed by atoms with E-state index in [1.54, 1.807) is 25.4 Å². The first-order valence-electron chi connectivity index (χ1n) is 10.6. The lowest BCUT2D eigenvalue weighted by Gasteiger charge is -2.40. The molecule has 2 aromatic rings. The minimum atomic E-state index is -3.62. The van der Waals surface area contributed by atoms with Crippen LogP contribution in [0.5, 0.6) is 5.75 Å². The topological polar surface area (TPSA) is 108 Å². The summed E-state index contributed by atoms with van der Waals surface area (Å²) in [6, 6.07) is 7.61. The molecule has 3 heterocycles. The zero-order valence-electron chi connectivity index (χ0n) is 17.6. The number of hydrogen-bond donors (Lipinski definition) is 1. The van der Waals surface area contributed by atoms with E-state index in [4.69, 9.17) is 4.74 Å². The van der Waals surface area contributed by atoms with E-state index in [-0.39, 0.29) is 16.5 Å². The summed E-state index contributed by atoms with van der Waals surface area (Å²) >= 11 is 0. The Hall–Kier alpha value is -2.70. The molecule has 0 amide bonds. The van der Waals surface area contributed by atoms with E-state index >= 15 is 0 Å². The highest BCUT2D eigenvalue weighted by atomic mass is 32.2. The van der Waals surface area contributed by atoms with Crippen molar-refractivity contribution in [2.75, 3.05) is 12.0 Å². The number of hydrogen-bond acceptors (Lipinski definition) is 7. The van der Waals surface area contributed by atoms with Gasteiger partial charge < -0.3 is 9.64 Å². The molecule has 2 aromatic heterocycles. The Morgan fingerprint density at radius 3 is 2.58 bits per heavy atom. The van der Waals surface area contributed by atoms with E-state index in [0.29, 0.717) is 17.5 Å². The summed E-state index contributed by atoms with van der Waals surface area (Å²) in [5.41, 5.74) is 1.16. The maximum absolute atomic E-state index is 12.7. The van der Waals surface area contributed by atoms with Gasteiger partial charge in [0.1, 0.15) is 22.4 Å². The molecule has 0 radical (unpaired) electrons. The number of ether oxygens (including phenoxy) is 1. The smallest absolute Gasteiger partial charge is 0.242 e. The number of anilines is 1. The molecule has 0 spiro atoms. The first-order valence-corrected chi connectivity index (χ1v) is 12.1. The van der Waals surface area contributed by atoms with Crippen molar-refractivity contribution in [2.45, 2.75) is 67.5 Å². The van der Waals surface area contributed by atoms with Crippen LogP contribution in [0.25, 0.3) is 0 Å². The highest BCUT2D eigenvalue weighted by molar-refractivity contribution is 7.89. The second-order valence-electron chi connectivity index (χ2n) is 8.92. The van der Waals surface area contributed by atoms with Crippen LogP contribution in [-0.2, 0) is 10.0 Å². The van der Waals surface area contributed by atoms with Crippen molar-refractivity contribution in [2.24, 2.45) is 0 Å². The molecule has 2 aliphatic carbocycles. The van der Waals surface area contributed by atoms with Crippen molar-refractivity contribution in [3.8, 4) is 11.8 Å². The molecule has 9 heteroatoms. The molecule has 3 aliphatic rings. The summed E-state index contributed by atoms with van der Waals surface area (Å²) in [4.78, 5) is 11.5. The number of fused-ring (bicyclic) bond motifs is 1. The molecule has 0 saturated heterocycles. The van der Waals surface area contributed by atoms with E-state index in [1.165, 1.54) is 6.20 Å². The molecule has 1 N–H and O–H groups in total. The third kappa shape index (κ3) is 3.44. The van der Waals surface area contributed by atoms with Crippen LogP contribution in [0.3, 0.4) is 0 Å². The van der Waals surface area contributed by atoms with Crippen LogP contribution in [0.2, 0.25) is 0 Å². The normalized spacial score (nSPS) is 24.2. The van der Waals surface area contributed by atoms with E-state index < -0.39 is 15.9 Å². The average molecular weight is 440 g/mol. The molecule has 5 rings (SSSR count). The molecule has 0 bridgehead atoms. The summed E-state index contributed by atoms with van der Waals surface area (Å²) in [7, 11) is -2.04. The third-order valence-corrected chi connectivity index (χ3v) is 8.28. The van der Waals surface area contributed by atoms with Gasteiger partial charge in [0.05, 0.1) is 31.1 Å². The minimum absolute atomic E-state index is 0.142. The van der Waals surface area contributed by atoms with Gasteiger partial charge in [-0.2, -0.15) is 5.26 Å². The van der Waals surface area contributed by atoms with Crippen LogP contribution in [0.1, 0.15) is 62.2 Å². The lowest BCUT2D eigenvalue weighted by molar-refractivity contribution is 0.359. The Morgan fingerprint density at radius 2 is 2.03 bits per heavy atom. The summed E-state index contributed by atoms with van der Waals surface area (Å²) in [5, 5.41) is 10.0. The highest BCUT2D eigenvalue weighted by Gasteiger charge is 2.46. The fourth-order valence-corrected chi connectivity index (χ4v) is 5.80. The van der Waals surface area contributed by atoms with Crippen molar-refractivity contribution >= 4 is 15.8 Å². The van der Waals surface area contributed by atoms with Crippen LogP contribution < -0.4 is 14.4 Å². The Kier molecular flexibility index (Phi) is 4.68. The van der Waals surface area contributed by atoms with Crippen molar-refractivity contribution in [1.82, 2.24) is 14.7 Å². The fraction of sp³-hybridized carbons (Fsp3) is 0.500. The largest absolute Gasteiger partial charge is 0.495 e. The van der Waals surface area contributed by atoms with E-state index in [2.05, 4.69) is 25.7 Å². The zero-order chi connectivity index (χ0) is 21.8. The second kappa shape index (κ2) is 7.18. The minimum Gasteiger partial charge on any atom is -0.495 e. The van der Waals surface area contributed by atoms with Gasteiger partial charge in [0.15, 0.2) is 0 Å². The number of nitrogens with zero attached hydrogens (tertiary/aromatic N) is 4. The third-order valence-electron chi connectivity index (χ3n) is 6.66. The SMILES string of the molecule is COc1cnc2c(c1)C(C#N)C(c1ccc(S(=O)(=O)NC3(C)CC3)cn1)N2C1CCC1. The van der Waals surface area contributed by atoms with E-state index in [0.717, 1.165) is 43.5 Å². The van der Waals surface area contributed by atoms with Gasteiger partial charge in [-0.1, -0.05) is 0 Å². The van der Waals surface area contributed by atoms with Crippen molar-refractivity contribution in [1.29, 1.82) is 5.26 Å². The molecule has 2 fully saturated rings. The summed E-state index contributed by atoms with van der Waals surface area (Å²) < 4.78 is 33.4. The van der Waals surface area contributed by atoms with Crippen LogP contribution in [0.4, 0.5) is 5.82 Å². The summed E-state index contributed by atoms with van der Waals surface area (Å²) in [6.07, 6.45) is 7.98. The van der Waals surface area contributed by atoms with Gasteiger partial charge in [-0.3, -0.25) is 4.98 Å². The Labute approximate surface area is 182 Å². The monoisotopic (exact) mass is 439 g/mol. The van der Waals surface area contributed by atoms with Gasteiger partial charge in [0.2, 0.25) is 10.0 Å². The molecule has 2 atom stereocenters. The Bertz CT molecular complexity index is 1150. The number of pyridine rings is 2. The van der Waals surface area contributed by atoms with E-state index in [9.17, 15) is 13.7 Å². The number of aromatic nitrogens is 2. The number of nitrogens with one attached hydrogen (secondary N) is 1. The van der Waals surface area contributed by atoms with Gasteiger partial charge in [-0.05, 0) is 57.2 Å². The van der Waals surface area contributed by atoms with E-state index in [1.807, 2.05) is 13.0 Å². The molecule has 0 aromatic carbocycles. The zero-order valence-corrected chi connectivity index (χ0v) is 18.4. The molecule has 162 valence electrons. The molecule has 1 aliphatic heterocycles. The standard InChI is InChI=1S/C22H25N5O3S/c1-22(8-9-22)26-31(28,29)16-6-7-19(24-13-16)20-18(11-23)17-10-15(30-2)12-25-21(17)27(20)14-4-3-5-14/h6-7,10,12-14,18,20,26H,3-5,8-9H2,1-2H3. The summed E-state index contributed by atoms with van der Waals surface area (Å²) in [5.74, 6) is 0.947. The Morgan fingerprint density at radius 1 is 1.26 bits per heavy atom. The predicted octanol–water partition coefficient (Wildman–Crippen LogP) is 3.04. The second-order valence-corrected chi connectivity index (χ2v) is 10.6. The molecular formula is C22H25N5O3S. The van der Waals surface area contributed by atoms with Crippen LogP contribution in [-0.4, -0.2) is 37.1 Å². The van der Waals surface area contributed by atoms with Crippen LogP contribution in [0.15, 0.2) is 35.5 Å². The van der Waals surface area contributed by atoms with Gasteiger partial charge in [-0.25, -0.2) is 18.1 Å². The number of rotatable bonds is 6. The lowest BCUT2D eigenvalue weighted by Crippen LogP contribution is -2.42. The average Bonchev–Trinajstić information content (AvgIpc) is 3.35.